The van der Waals surface area contributed by atoms with Crippen molar-refractivity contribution in [3.63, 3.8) is 0 Å². The number of thiol groups is 1. The molecule has 1 saturated heterocycles. The number of likely N-dealkylation sites (tertiary alicyclic amines) is 1. The van der Waals surface area contributed by atoms with Crippen LogP contribution in [0.3, 0.4) is 0 Å². The van der Waals surface area contributed by atoms with Crippen molar-refractivity contribution in [2.75, 3.05) is 47.7 Å². The number of nitrogens with one attached hydrogen (secondary N) is 2. The van der Waals surface area contributed by atoms with Crippen molar-refractivity contribution < 1.29 is 38.6 Å². The quantitative estimate of drug-likeness (QED) is 0.139. The molecule has 0 aliphatic carbocycles. The smallest absolute Gasteiger partial charge is 0.326 e. The zero-order valence-corrected chi connectivity index (χ0v) is 33.6. The lowest BCUT2D eigenvalue weighted by Gasteiger charge is -2.40. The normalized spacial score (nSPS) is 19.2. The van der Waals surface area contributed by atoms with Gasteiger partial charge >= 0.3 is 5.97 Å². The van der Waals surface area contributed by atoms with E-state index in [2.05, 4.69) is 23.3 Å². The topological polar surface area (TPSA) is 158 Å². The van der Waals surface area contributed by atoms with Crippen molar-refractivity contribution in [1.82, 2.24) is 25.3 Å². The Morgan fingerprint density at radius 1 is 0.962 bits per heavy atom. The number of hydrogen-bond acceptors (Lipinski definition) is 9. The third-order valence-corrected chi connectivity index (χ3v) is 10.8. The maximum absolute atomic E-state index is 14.1. The van der Waals surface area contributed by atoms with E-state index in [-0.39, 0.29) is 48.2 Å². The average Bonchev–Trinajstić information content (AvgIpc) is 3.59. The number of nitrogens with zero attached hydrogens (tertiary/aromatic N) is 3. The van der Waals surface area contributed by atoms with Crippen LogP contribution in [0, 0.1) is 17.8 Å². The molecule has 0 saturated carbocycles. The number of hydrogen-bond donors (Lipinski definition) is 4. The summed E-state index contributed by atoms with van der Waals surface area (Å²) < 4.78 is 11.8. The Morgan fingerprint density at radius 3 is 2.08 bits per heavy atom. The first-order valence-electron chi connectivity index (χ1n) is 18.3. The number of likely N-dealkylation sites (N-methyl/N-ethyl adjacent to an activating group) is 2. The molecular weight excluding hydrogens is 687 g/mol. The van der Waals surface area contributed by atoms with E-state index in [1.807, 2.05) is 77.0 Å². The van der Waals surface area contributed by atoms with Gasteiger partial charge in [0.1, 0.15) is 12.1 Å². The number of carbonyl (C=O) groups excluding carboxylic acids is 4. The molecule has 2 rings (SSSR count). The van der Waals surface area contributed by atoms with E-state index in [0.717, 1.165) is 5.56 Å². The maximum Gasteiger partial charge on any atom is 0.326 e. The van der Waals surface area contributed by atoms with Gasteiger partial charge in [0, 0.05) is 40.0 Å². The summed E-state index contributed by atoms with van der Waals surface area (Å²) in [6.07, 6.45) is 0.754. The van der Waals surface area contributed by atoms with Gasteiger partial charge in [-0.25, -0.2) is 4.79 Å². The Balaban J connectivity index is 2.24. The van der Waals surface area contributed by atoms with Crippen LogP contribution in [-0.2, 0) is 39.9 Å². The van der Waals surface area contributed by atoms with Gasteiger partial charge in [0.25, 0.3) is 0 Å². The Hall–Kier alpha value is -3.20. The second-order valence-electron chi connectivity index (χ2n) is 14.6. The summed E-state index contributed by atoms with van der Waals surface area (Å²) >= 11 is 4.41. The number of ether oxygens (including phenoxy) is 2. The maximum atomic E-state index is 14.1. The molecule has 52 heavy (non-hydrogen) atoms. The zero-order chi connectivity index (χ0) is 39.3. The third kappa shape index (κ3) is 11.9. The van der Waals surface area contributed by atoms with E-state index < -0.39 is 60.2 Å². The van der Waals surface area contributed by atoms with Crippen LogP contribution in [0.1, 0.15) is 65.9 Å². The number of amides is 4. The van der Waals surface area contributed by atoms with Gasteiger partial charge in [0.05, 0.1) is 42.7 Å². The number of carbonyl (C=O) groups is 5. The number of aliphatic carboxylic acids is 1. The van der Waals surface area contributed by atoms with Crippen LogP contribution < -0.4 is 10.6 Å². The van der Waals surface area contributed by atoms with Crippen LogP contribution in [0.5, 0.6) is 0 Å². The van der Waals surface area contributed by atoms with E-state index in [0.29, 0.717) is 25.8 Å². The summed E-state index contributed by atoms with van der Waals surface area (Å²) in [5.41, 5.74) is 0.782. The molecule has 1 aromatic rings. The van der Waals surface area contributed by atoms with E-state index in [1.54, 1.807) is 23.8 Å². The molecule has 0 unspecified atom stereocenters. The largest absolute Gasteiger partial charge is 0.480 e. The second kappa shape index (κ2) is 21.5. The number of carboxylic acid groups (broad SMARTS) is 1. The summed E-state index contributed by atoms with van der Waals surface area (Å²) in [4.78, 5) is 71.9. The lowest BCUT2D eigenvalue weighted by atomic mass is 9.90. The summed E-state index contributed by atoms with van der Waals surface area (Å²) in [5.74, 6) is -3.10. The molecule has 3 N–H and O–H groups in total. The van der Waals surface area contributed by atoms with Crippen LogP contribution in [0.15, 0.2) is 30.3 Å². The molecular formula is C38H63N5O8S. The van der Waals surface area contributed by atoms with Gasteiger partial charge in [-0.1, -0.05) is 71.4 Å². The summed E-state index contributed by atoms with van der Waals surface area (Å²) in [7, 11) is 8.33. The Bertz CT molecular complexity index is 1310. The van der Waals surface area contributed by atoms with Crippen LogP contribution >= 0.6 is 12.6 Å². The minimum absolute atomic E-state index is 0.0194. The van der Waals surface area contributed by atoms with E-state index in [9.17, 15) is 29.1 Å². The highest BCUT2D eigenvalue weighted by molar-refractivity contribution is 7.80. The van der Waals surface area contributed by atoms with Crippen molar-refractivity contribution >= 4 is 42.2 Å². The molecule has 1 fully saturated rings. The van der Waals surface area contributed by atoms with Gasteiger partial charge in [-0.3, -0.25) is 24.1 Å². The van der Waals surface area contributed by atoms with Gasteiger partial charge in [-0.05, 0) is 44.3 Å². The Kier molecular flexibility index (Phi) is 18.6. The predicted octanol–water partition coefficient (Wildman–Crippen LogP) is 2.72. The molecule has 0 spiro atoms. The van der Waals surface area contributed by atoms with Crippen LogP contribution in [0.25, 0.3) is 0 Å². The summed E-state index contributed by atoms with van der Waals surface area (Å²) in [6, 6.07) is 5.72. The lowest BCUT2D eigenvalue weighted by Crippen LogP contribution is -2.59. The van der Waals surface area contributed by atoms with Crippen molar-refractivity contribution in [3.05, 3.63) is 35.9 Å². The van der Waals surface area contributed by atoms with Crippen molar-refractivity contribution in [2.45, 2.75) is 109 Å². The summed E-state index contributed by atoms with van der Waals surface area (Å²) in [6.45, 7) is 10.0. The first kappa shape index (κ1) is 45.0. The molecule has 0 bridgehead atoms. The minimum Gasteiger partial charge on any atom is -0.480 e. The molecule has 1 heterocycles. The molecule has 4 amide bonds. The fraction of sp³-hybridized carbons (Fsp3) is 0.711. The average molecular weight is 750 g/mol. The molecule has 9 atom stereocenters. The second-order valence-corrected chi connectivity index (χ2v) is 14.9. The highest BCUT2D eigenvalue weighted by Gasteiger charge is 2.43. The number of carboxylic acids is 1. The van der Waals surface area contributed by atoms with Gasteiger partial charge in [-0.2, -0.15) is 12.6 Å². The molecule has 13 nitrogen and oxygen atoms in total. The molecule has 1 aromatic carbocycles. The van der Waals surface area contributed by atoms with Crippen LogP contribution in [0.2, 0.25) is 0 Å². The van der Waals surface area contributed by atoms with Crippen molar-refractivity contribution in [1.29, 1.82) is 0 Å². The predicted molar refractivity (Wildman–Crippen MR) is 204 cm³/mol. The van der Waals surface area contributed by atoms with Crippen molar-refractivity contribution in [3.8, 4) is 0 Å². The molecule has 0 radical (unpaired) electrons. The molecule has 1 aliphatic rings. The number of rotatable bonds is 21. The standard InChI is InChI=1S/C38H63N5O8S/c1-11-24(4)33(42(8)37(47)28(22-52)40-36(46)32(23(2)3)41(6)7)30(50-9)21-31(44)43-19-15-18-29(43)34(51-10)25(5)35(45)39-27(38(48)49)20-26-16-13-12-14-17-26/h12-14,16-17,23-25,27-30,32-34,52H,11,15,18-22H2,1-10H3,(H,39,45)(H,40,46)(H,48,49)/t24-,25+,27-,28-,29-,30+,32-,33-,34+/m0/s1. The minimum atomic E-state index is -1.14. The summed E-state index contributed by atoms with van der Waals surface area (Å²) in [5, 5.41) is 15.4. The first-order valence-corrected chi connectivity index (χ1v) is 18.9. The monoisotopic (exact) mass is 749 g/mol. The SMILES string of the molecule is CC[C@H](C)[C@@H]([C@@H](CC(=O)N1CCC[C@H]1[C@H](OC)[C@@H](C)C(=O)N[C@@H](Cc1ccccc1)C(=O)O)OC)N(C)C(=O)[C@H](CS)NC(=O)[C@H](C(C)C)N(C)C. The molecule has 14 heteroatoms. The van der Waals surface area contributed by atoms with Gasteiger partial charge in [-0.15, -0.1) is 0 Å². The molecule has 0 aromatic heterocycles. The highest BCUT2D eigenvalue weighted by atomic mass is 32.1. The van der Waals surface area contributed by atoms with E-state index in [1.165, 1.54) is 14.2 Å². The Morgan fingerprint density at radius 2 is 1.58 bits per heavy atom. The zero-order valence-electron chi connectivity index (χ0n) is 32.7. The fourth-order valence-corrected chi connectivity index (χ4v) is 7.73. The fourth-order valence-electron chi connectivity index (χ4n) is 7.48. The Labute approximate surface area is 315 Å². The van der Waals surface area contributed by atoms with Gasteiger partial charge < -0.3 is 35.0 Å². The molecule has 294 valence electrons. The third-order valence-electron chi connectivity index (χ3n) is 10.4. The van der Waals surface area contributed by atoms with Crippen molar-refractivity contribution in [2.24, 2.45) is 17.8 Å². The van der Waals surface area contributed by atoms with Crippen LogP contribution in [0.4, 0.5) is 0 Å². The van der Waals surface area contributed by atoms with Gasteiger partial charge in [0.2, 0.25) is 23.6 Å². The van der Waals surface area contributed by atoms with Crippen LogP contribution in [-0.4, -0.2) is 139 Å². The van der Waals surface area contributed by atoms with E-state index in [4.69, 9.17) is 9.47 Å². The van der Waals surface area contributed by atoms with E-state index >= 15 is 0 Å². The molecule has 1 aliphatic heterocycles. The number of benzene rings is 1. The lowest BCUT2D eigenvalue weighted by molar-refractivity contribution is -0.147. The van der Waals surface area contributed by atoms with Gasteiger partial charge in [0.15, 0.2) is 0 Å². The highest BCUT2D eigenvalue weighted by Crippen LogP contribution is 2.29. The number of methoxy groups -OCH3 is 2. The first-order chi connectivity index (χ1) is 24.5.